The van der Waals surface area contributed by atoms with Crippen LogP contribution in [0.15, 0.2) is 48.5 Å². The van der Waals surface area contributed by atoms with Crippen molar-refractivity contribution in [3.05, 3.63) is 64.8 Å². The van der Waals surface area contributed by atoms with Crippen LogP contribution in [0, 0.1) is 5.82 Å². The molecule has 1 unspecified atom stereocenters. The second-order valence-corrected chi connectivity index (χ2v) is 6.15. The van der Waals surface area contributed by atoms with Gasteiger partial charge in [-0.2, -0.15) is 0 Å². The van der Waals surface area contributed by atoms with Crippen LogP contribution in [0.2, 0.25) is 0 Å². The van der Waals surface area contributed by atoms with Crippen LogP contribution in [0.4, 0.5) is 4.39 Å². The molecule has 0 aliphatic carbocycles. The summed E-state index contributed by atoms with van der Waals surface area (Å²) in [5.74, 6) is 0.0750. The Labute approximate surface area is 126 Å². The highest BCUT2D eigenvalue weighted by Gasteiger charge is 2.31. The van der Waals surface area contributed by atoms with Gasteiger partial charge in [0, 0.05) is 15.1 Å². The topological polar surface area (TPSA) is 29.5 Å². The number of aliphatic hydroxyl groups is 1. The average Bonchev–Trinajstić information content (AvgIpc) is 2.92. The maximum Gasteiger partial charge on any atom is 0.125 e. The zero-order chi connectivity index (χ0) is 15.0. The van der Waals surface area contributed by atoms with Crippen molar-refractivity contribution in [2.24, 2.45) is 0 Å². The van der Waals surface area contributed by atoms with E-state index in [1.807, 2.05) is 30.3 Å². The number of ether oxygens (including phenoxy) is 1. The molecule has 1 atom stereocenters. The summed E-state index contributed by atoms with van der Waals surface area (Å²) < 4.78 is 19.9. The predicted molar refractivity (Wildman–Crippen MR) is 83.4 cm³/mol. The largest absolute Gasteiger partial charge is 0.496 e. The molecule has 1 N–H and O–H groups in total. The van der Waals surface area contributed by atoms with Crippen LogP contribution in [0.1, 0.15) is 17.4 Å². The van der Waals surface area contributed by atoms with Gasteiger partial charge in [-0.15, -0.1) is 11.3 Å². The van der Waals surface area contributed by atoms with Gasteiger partial charge in [0.2, 0.25) is 0 Å². The van der Waals surface area contributed by atoms with E-state index in [1.54, 1.807) is 6.92 Å². The quantitative estimate of drug-likeness (QED) is 0.781. The molecule has 2 nitrogen and oxygen atoms in total. The molecular formula is C17H15FO2S. The zero-order valence-electron chi connectivity index (χ0n) is 11.8. The number of fused-ring (bicyclic) bond motifs is 1. The van der Waals surface area contributed by atoms with Crippen molar-refractivity contribution < 1.29 is 14.2 Å². The van der Waals surface area contributed by atoms with Gasteiger partial charge in [-0.25, -0.2) is 4.39 Å². The summed E-state index contributed by atoms with van der Waals surface area (Å²) >= 11 is 1.50. The summed E-state index contributed by atoms with van der Waals surface area (Å²) in [6, 6.07) is 14.0. The summed E-state index contributed by atoms with van der Waals surface area (Å²) in [6.07, 6.45) is 0. The fourth-order valence-corrected chi connectivity index (χ4v) is 3.54. The Balaban J connectivity index is 2.17. The molecule has 0 saturated carbocycles. The molecule has 1 aromatic heterocycles. The summed E-state index contributed by atoms with van der Waals surface area (Å²) in [7, 11) is 1.51. The Kier molecular flexibility index (Phi) is 3.43. The number of thiophene rings is 1. The van der Waals surface area contributed by atoms with E-state index in [-0.39, 0.29) is 0 Å². The minimum Gasteiger partial charge on any atom is -0.496 e. The second-order valence-electron chi connectivity index (χ2n) is 5.07. The maximum absolute atomic E-state index is 13.6. The average molecular weight is 302 g/mol. The number of hydrogen-bond acceptors (Lipinski definition) is 3. The lowest BCUT2D eigenvalue weighted by atomic mass is 9.93. The van der Waals surface area contributed by atoms with Crippen LogP contribution in [0.5, 0.6) is 5.75 Å². The Bertz CT molecular complexity index is 759. The predicted octanol–water partition coefficient (Wildman–Crippen LogP) is 4.30. The standard InChI is InChI=1S/C17H15FO2S/c1-17(19,13-10-12(18)7-8-14(13)20-2)16-9-11-5-3-4-6-15(11)21-16/h3-10,19H,1-2H3. The molecule has 0 saturated heterocycles. The monoisotopic (exact) mass is 302 g/mol. The molecule has 0 fully saturated rings. The van der Waals surface area contributed by atoms with E-state index in [9.17, 15) is 9.50 Å². The minimum absolute atomic E-state index is 0.396. The van der Waals surface area contributed by atoms with Crippen LogP contribution < -0.4 is 4.74 Å². The maximum atomic E-state index is 13.6. The van der Waals surface area contributed by atoms with Crippen molar-refractivity contribution in [3.63, 3.8) is 0 Å². The molecular weight excluding hydrogens is 287 g/mol. The first-order chi connectivity index (χ1) is 10.0. The van der Waals surface area contributed by atoms with Gasteiger partial charge in [0.1, 0.15) is 17.2 Å². The molecule has 0 spiro atoms. The van der Waals surface area contributed by atoms with Gasteiger partial charge in [-0.3, -0.25) is 0 Å². The first kappa shape index (κ1) is 14.0. The van der Waals surface area contributed by atoms with E-state index in [2.05, 4.69) is 0 Å². The Hall–Kier alpha value is -1.91. The molecule has 2 aromatic carbocycles. The highest BCUT2D eigenvalue weighted by atomic mass is 32.1. The summed E-state index contributed by atoms with van der Waals surface area (Å²) in [5.41, 5.74) is -0.881. The van der Waals surface area contributed by atoms with Gasteiger partial charge >= 0.3 is 0 Å². The van der Waals surface area contributed by atoms with Crippen molar-refractivity contribution in [1.29, 1.82) is 0 Å². The summed E-state index contributed by atoms with van der Waals surface area (Å²) in [5, 5.41) is 12.0. The molecule has 1 heterocycles. The van der Waals surface area contributed by atoms with Crippen molar-refractivity contribution in [1.82, 2.24) is 0 Å². The SMILES string of the molecule is COc1ccc(F)cc1C(C)(O)c1cc2ccccc2s1. The zero-order valence-corrected chi connectivity index (χ0v) is 12.6. The molecule has 21 heavy (non-hydrogen) atoms. The summed E-state index contributed by atoms with van der Waals surface area (Å²) in [6.45, 7) is 1.66. The Morgan fingerprint density at radius 3 is 2.62 bits per heavy atom. The van der Waals surface area contributed by atoms with Gasteiger partial charge < -0.3 is 9.84 Å². The van der Waals surface area contributed by atoms with E-state index >= 15 is 0 Å². The highest BCUT2D eigenvalue weighted by molar-refractivity contribution is 7.19. The van der Waals surface area contributed by atoms with Crippen LogP contribution >= 0.6 is 11.3 Å². The lowest BCUT2D eigenvalue weighted by molar-refractivity contribution is 0.102. The molecule has 0 aliphatic rings. The first-order valence-electron chi connectivity index (χ1n) is 6.58. The van der Waals surface area contributed by atoms with Crippen LogP contribution in [-0.2, 0) is 5.60 Å². The third kappa shape index (κ3) is 2.41. The number of benzene rings is 2. The molecule has 0 aliphatic heterocycles. The lowest BCUT2D eigenvalue weighted by Crippen LogP contribution is -2.22. The molecule has 108 valence electrons. The van der Waals surface area contributed by atoms with Crippen LogP contribution in [-0.4, -0.2) is 12.2 Å². The summed E-state index contributed by atoms with van der Waals surface area (Å²) in [4.78, 5) is 0.757. The van der Waals surface area contributed by atoms with Crippen LogP contribution in [0.25, 0.3) is 10.1 Å². The second kappa shape index (κ2) is 5.13. The number of rotatable bonds is 3. The van der Waals surface area contributed by atoms with Crippen LogP contribution in [0.3, 0.4) is 0 Å². The number of halogens is 1. The van der Waals surface area contributed by atoms with E-state index < -0.39 is 11.4 Å². The first-order valence-corrected chi connectivity index (χ1v) is 7.39. The molecule has 0 bridgehead atoms. The van der Waals surface area contributed by atoms with Crippen molar-refractivity contribution >= 4 is 21.4 Å². The van der Waals surface area contributed by atoms with Gasteiger partial charge in [0.25, 0.3) is 0 Å². The minimum atomic E-state index is -1.31. The normalized spacial score (nSPS) is 14.1. The Morgan fingerprint density at radius 1 is 1.14 bits per heavy atom. The third-order valence-corrected chi connectivity index (χ3v) is 4.92. The third-order valence-electron chi connectivity index (χ3n) is 3.59. The van der Waals surface area contributed by atoms with E-state index in [1.165, 1.54) is 36.6 Å². The van der Waals surface area contributed by atoms with Crippen molar-refractivity contribution in [2.45, 2.75) is 12.5 Å². The van der Waals surface area contributed by atoms with E-state index in [4.69, 9.17) is 4.74 Å². The molecule has 4 heteroatoms. The van der Waals surface area contributed by atoms with Crippen molar-refractivity contribution in [3.8, 4) is 5.75 Å². The van der Waals surface area contributed by atoms with E-state index in [0.29, 0.717) is 11.3 Å². The fraction of sp³-hybridized carbons (Fsp3) is 0.176. The highest BCUT2D eigenvalue weighted by Crippen LogP contribution is 2.40. The molecule has 0 amide bonds. The van der Waals surface area contributed by atoms with Gasteiger partial charge in [0.05, 0.1) is 7.11 Å². The van der Waals surface area contributed by atoms with Gasteiger partial charge in [0.15, 0.2) is 0 Å². The van der Waals surface area contributed by atoms with Gasteiger partial charge in [-0.1, -0.05) is 18.2 Å². The smallest absolute Gasteiger partial charge is 0.125 e. The van der Waals surface area contributed by atoms with Crippen molar-refractivity contribution in [2.75, 3.05) is 7.11 Å². The van der Waals surface area contributed by atoms with Gasteiger partial charge in [-0.05, 0) is 42.6 Å². The number of hydrogen-bond donors (Lipinski definition) is 1. The molecule has 3 rings (SSSR count). The lowest BCUT2D eigenvalue weighted by Gasteiger charge is -2.24. The molecule has 0 radical (unpaired) electrons. The number of methoxy groups -OCH3 is 1. The Morgan fingerprint density at radius 2 is 1.90 bits per heavy atom. The van der Waals surface area contributed by atoms with E-state index in [0.717, 1.165) is 15.0 Å². The fourth-order valence-electron chi connectivity index (χ4n) is 2.42. The molecule has 3 aromatic rings.